The Kier molecular flexibility index (Phi) is 6.59. The van der Waals surface area contributed by atoms with Gasteiger partial charge in [0.2, 0.25) is 0 Å². The van der Waals surface area contributed by atoms with Crippen molar-refractivity contribution in [3.63, 3.8) is 0 Å². The van der Waals surface area contributed by atoms with Crippen LogP contribution in [0.4, 0.5) is 0 Å². The molecule has 1 aliphatic rings. The van der Waals surface area contributed by atoms with Crippen LogP contribution < -0.4 is 4.74 Å². The summed E-state index contributed by atoms with van der Waals surface area (Å²) in [5, 5.41) is 0.476. The van der Waals surface area contributed by atoms with Gasteiger partial charge in [-0.05, 0) is 43.3 Å². The standard InChI is InChI=1S/C16H25NOS2/c1-18-14-8-6-13(7-9-14)11-17-10-4-3-5-15(17)16(19)12-20-2/h6-9,15-16,19H,3-5,10-12H2,1-2H3. The zero-order valence-corrected chi connectivity index (χ0v) is 14.1. The van der Waals surface area contributed by atoms with Gasteiger partial charge in [-0.15, -0.1) is 0 Å². The smallest absolute Gasteiger partial charge is 0.118 e. The maximum absolute atomic E-state index is 5.22. The van der Waals surface area contributed by atoms with Crippen molar-refractivity contribution in [1.82, 2.24) is 4.90 Å². The third-order valence-corrected chi connectivity index (χ3v) is 5.46. The lowest BCUT2D eigenvalue weighted by Gasteiger charge is -2.38. The monoisotopic (exact) mass is 311 g/mol. The van der Waals surface area contributed by atoms with E-state index in [2.05, 4.69) is 23.3 Å². The Morgan fingerprint density at radius 1 is 1.35 bits per heavy atom. The minimum Gasteiger partial charge on any atom is -0.497 e. The van der Waals surface area contributed by atoms with Crippen molar-refractivity contribution in [3.8, 4) is 5.75 Å². The molecule has 0 N–H and O–H groups in total. The van der Waals surface area contributed by atoms with Gasteiger partial charge in [0.1, 0.15) is 5.75 Å². The second-order valence-electron chi connectivity index (χ2n) is 5.40. The van der Waals surface area contributed by atoms with Crippen molar-refractivity contribution in [3.05, 3.63) is 29.8 Å². The first kappa shape index (κ1) is 16.1. The predicted molar refractivity (Wildman–Crippen MR) is 92.2 cm³/mol. The van der Waals surface area contributed by atoms with E-state index in [1.165, 1.54) is 31.4 Å². The lowest BCUT2D eigenvalue weighted by atomic mass is 9.98. The van der Waals surface area contributed by atoms with Gasteiger partial charge in [0.05, 0.1) is 7.11 Å². The van der Waals surface area contributed by atoms with Crippen LogP contribution in [0.1, 0.15) is 24.8 Å². The molecule has 0 amide bonds. The Balaban J connectivity index is 2.00. The van der Waals surface area contributed by atoms with Crippen LogP contribution in [0.3, 0.4) is 0 Å². The molecule has 2 atom stereocenters. The number of ether oxygens (including phenoxy) is 1. The number of methoxy groups -OCH3 is 1. The highest BCUT2D eigenvalue weighted by Gasteiger charge is 2.27. The van der Waals surface area contributed by atoms with Gasteiger partial charge in [-0.3, -0.25) is 4.90 Å². The van der Waals surface area contributed by atoms with Crippen LogP contribution in [0.2, 0.25) is 0 Å². The lowest BCUT2D eigenvalue weighted by Crippen LogP contribution is -2.45. The van der Waals surface area contributed by atoms with Crippen molar-refractivity contribution in [1.29, 1.82) is 0 Å². The highest BCUT2D eigenvalue weighted by atomic mass is 32.2. The average molecular weight is 312 g/mol. The maximum Gasteiger partial charge on any atom is 0.118 e. The lowest BCUT2D eigenvalue weighted by molar-refractivity contribution is 0.141. The first-order valence-corrected chi connectivity index (χ1v) is 9.19. The summed E-state index contributed by atoms with van der Waals surface area (Å²) >= 11 is 6.72. The average Bonchev–Trinajstić information content (AvgIpc) is 2.49. The molecule has 0 spiro atoms. The topological polar surface area (TPSA) is 12.5 Å². The molecule has 0 aromatic heterocycles. The molecule has 0 saturated carbocycles. The van der Waals surface area contributed by atoms with E-state index in [4.69, 9.17) is 17.4 Å². The minimum absolute atomic E-state index is 0.476. The molecule has 0 bridgehead atoms. The molecular formula is C16H25NOS2. The normalized spacial score (nSPS) is 21.6. The zero-order valence-electron chi connectivity index (χ0n) is 12.4. The highest BCUT2D eigenvalue weighted by Crippen LogP contribution is 2.26. The summed E-state index contributed by atoms with van der Waals surface area (Å²) in [7, 11) is 1.71. The van der Waals surface area contributed by atoms with E-state index in [1.807, 2.05) is 23.9 Å². The summed E-state index contributed by atoms with van der Waals surface area (Å²) in [5.74, 6) is 2.06. The molecule has 2 nitrogen and oxygen atoms in total. The Bertz CT molecular complexity index is 396. The number of piperidine rings is 1. The van der Waals surface area contributed by atoms with Crippen LogP contribution >= 0.6 is 24.4 Å². The number of rotatable bonds is 6. The van der Waals surface area contributed by atoms with Crippen molar-refractivity contribution in [2.45, 2.75) is 37.1 Å². The molecule has 112 valence electrons. The fraction of sp³-hybridized carbons (Fsp3) is 0.625. The Morgan fingerprint density at radius 3 is 2.75 bits per heavy atom. The third-order valence-electron chi connectivity index (χ3n) is 3.99. The summed E-state index contributed by atoms with van der Waals surface area (Å²) in [5.41, 5.74) is 1.36. The molecule has 1 aliphatic heterocycles. The van der Waals surface area contributed by atoms with E-state index < -0.39 is 0 Å². The van der Waals surface area contributed by atoms with Crippen LogP contribution in [-0.4, -0.2) is 41.9 Å². The van der Waals surface area contributed by atoms with Gasteiger partial charge < -0.3 is 4.74 Å². The van der Waals surface area contributed by atoms with E-state index in [9.17, 15) is 0 Å². The van der Waals surface area contributed by atoms with Crippen LogP contribution in [0.15, 0.2) is 24.3 Å². The fourth-order valence-electron chi connectivity index (χ4n) is 2.90. The van der Waals surface area contributed by atoms with Gasteiger partial charge in [0.25, 0.3) is 0 Å². The molecule has 1 heterocycles. The molecule has 4 heteroatoms. The molecule has 1 aromatic rings. The summed E-state index contributed by atoms with van der Waals surface area (Å²) < 4.78 is 5.22. The maximum atomic E-state index is 5.22. The summed E-state index contributed by atoms with van der Waals surface area (Å²) in [6.45, 7) is 2.22. The summed E-state index contributed by atoms with van der Waals surface area (Å²) in [6.07, 6.45) is 6.10. The molecule has 1 aromatic carbocycles. The number of nitrogens with zero attached hydrogens (tertiary/aromatic N) is 1. The molecule has 2 unspecified atom stereocenters. The number of thioether (sulfide) groups is 1. The number of likely N-dealkylation sites (tertiary alicyclic amines) is 1. The van der Waals surface area contributed by atoms with Crippen molar-refractivity contribution >= 4 is 24.4 Å². The molecule has 20 heavy (non-hydrogen) atoms. The van der Waals surface area contributed by atoms with Crippen LogP contribution in [0.5, 0.6) is 5.75 Å². The predicted octanol–water partition coefficient (Wildman–Crippen LogP) is 3.71. The van der Waals surface area contributed by atoms with Gasteiger partial charge >= 0.3 is 0 Å². The Hall–Kier alpha value is -0.320. The van der Waals surface area contributed by atoms with E-state index >= 15 is 0 Å². The summed E-state index contributed by atoms with van der Waals surface area (Å²) in [4.78, 5) is 2.61. The first-order chi connectivity index (χ1) is 9.74. The summed E-state index contributed by atoms with van der Waals surface area (Å²) in [6, 6.07) is 9.06. The van der Waals surface area contributed by atoms with E-state index in [0.717, 1.165) is 18.0 Å². The van der Waals surface area contributed by atoms with Crippen LogP contribution in [0.25, 0.3) is 0 Å². The van der Waals surface area contributed by atoms with Gasteiger partial charge in [-0.2, -0.15) is 24.4 Å². The van der Waals surface area contributed by atoms with Gasteiger partial charge in [-0.1, -0.05) is 18.6 Å². The number of hydrogen-bond acceptors (Lipinski definition) is 4. The van der Waals surface area contributed by atoms with E-state index in [1.54, 1.807) is 7.11 Å². The first-order valence-electron chi connectivity index (χ1n) is 7.28. The molecular weight excluding hydrogens is 286 g/mol. The third kappa shape index (κ3) is 4.34. The molecule has 0 radical (unpaired) electrons. The number of thiol groups is 1. The highest BCUT2D eigenvalue weighted by molar-refractivity contribution is 7.99. The molecule has 1 fully saturated rings. The van der Waals surface area contributed by atoms with E-state index in [-0.39, 0.29) is 0 Å². The van der Waals surface area contributed by atoms with Crippen LogP contribution in [0, 0.1) is 0 Å². The SMILES string of the molecule is COc1ccc(CN2CCCCC2C(S)CSC)cc1. The Morgan fingerprint density at radius 2 is 2.10 bits per heavy atom. The van der Waals surface area contributed by atoms with E-state index in [0.29, 0.717) is 11.3 Å². The van der Waals surface area contributed by atoms with Gasteiger partial charge in [0, 0.05) is 23.6 Å². The second kappa shape index (κ2) is 8.20. The van der Waals surface area contributed by atoms with Crippen molar-refractivity contribution in [2.75, 3.05) is 25.7 Å². The van der Waals surface area contributed by atoms with Gasteiger partial charge in [0.15, 0.2) is 0 Å². The molecule has 1 saturated heterocycles. The van der Waals surface area contributed by atoms with Crippen LogP contribution in [-0.2, 0) is 6.54 Å². The zero-order chi connectivity index (χ0) is 14.4. The molecule has 2 rings (SSSR count). The van der Waals surface area contributed by atoms with Gasteiger partial charge in [-0.25, -0.2) is 0 Å². The quantitative estimate of drug-likeness (QED) is 0.805. The van der Waals surface area contributed by atoms with Crippen molar-refractivity contribution in [2.24, 2.45) is 0 Å². The largest absolute Gasteiger partial charge is 0.497 e. The molecule has 0 aliphatic carbocycles. The number of benzene rings is 1. The minimum atomic E-state index is 0.476. The van der Waals surface area contributed by atoms with Crippen molar-refractivity contribution < 1.29 is 4.74 Å². The second-order valence-corrected chi connectivity index (χ2v) is 6.98. The fourth-order valence-corrected chi connectivity index (χ4v) is 4.24. The number of hydrogen-bond donors (Lipinski definition) is 1. The Labute approximate surface area is 132 Å².